The topological polar surface area (TPSA) is 61.3 Å². The molecular weight excluding hydrogens is 308 g/mol. The summed E-state index contributed by atoms with van der Waals surface area (Å²) in [5.74, 6) is 2.24. The minimum Gasteiger partial charge on any atom is -0.496 e. The third-order valence-corrected chi connectivity index (χ3v) is 5.09. The van der Waals surface area contributed by atoms with Gasteiger partial charge < -0.3 is 16.2 Å². The number of hydrogen-bond donors (Lipinski definition) is 2. The van der Waals surface area contributed by atoms with Gasteiger partial charge in [0.25, 0.3) is 0 Å². The van der Waals surface area contributed by atoms with Crippen molar-refractivity contribution in [3.8, 4) is 5.75 Å². The molecule has 0 saturated heterocycles. The third-order valence-electron chi connectivity index (χ3n) is 5.09. The van der Waals surface area contributed by atoms with E-state index in [1.165, 1.54) is 42.4 Å². The lowest BCUT2D eigenvalue weighted by Crippen LogP contribution is -2.27. The summed E-state index contributed by atoms with van der Waals surface area (Å²) in [5, 5.41) is 0. The Balaban J connectivity index is 0.000000236. The fourth-order valence-corrected chi connectivity index (χ4v) is 3.82. The number of fused-ring (bicyclic) bond motifs is 1. The normalized spacial score (nSPS) is 18.7. The van der Waals surface area contributed by atoms with Crippen LogP contribution in [0.2, 0.25) is 0 Å². The number of hydrogen-bond acceptors (Lipinski definition) is 3. The molecule has 0 heterocycles. The third kappa shape index (κ3) is 5.07. The molecule has 1 aliphatic carbocycles. The number of aryl methyl sites for hydroxylation is 1. The van der Waals surface area contributed by atoms with Gasteiger partial charge in [-0.05, 0) is 42.5 Å². The zero-order valence-corrected chi connectivity index (χ0v) is 15.6. The van der Waals surface area contributed by atoms with Crippen molar-refractivity contribution in [3.05, 3.63) is 65.2 Å². The lowest BCUT2D eigenvalue weighted by atomic mass is 9.73. The second-order valence-corrected chi connectivity index (χ2v) is 6.65. The van der Waals surface area contributed by atoms with Crippen molar-refractivity contribution >= 4 is 0 Å². The molecule has 0 aliphatic heterocycles. The first-order valence-corrected chi connectivity index (χ1v) is 9.34. The highest BCUT2D eigenvalue weighted by Gasteiger charge is 2.30. The Kier molecular flexibility index (Phi) is 7.96. The molecule has 3 rings (SSSR count). The van der Waals surface area contributed by atoms with E-state index in [0.29, 0.717) is 12.5 Å². The minimum atomic E-state index is 0.481. The van der Waals surface area contributed by atoms with Crippen molar-refractivity contribution < 1.29 is 4.74 Å². The molecule has 0 radical (unpaired) electrons. The Bertz CT molecular complexity index is 613. The molecule has 136 valence electrons. The molecule has 2 atom stereocenters. The largest absolute Gasteiger partial charge is 0.496 e. The van der Waals surface area contributed by atoms with Crippen molar-refractivity contribution in [3.63, 3.8) is 0 Å². The zero-order valence-electron chi connectivity index (χ0n) is 15.6. The molecule has 0 saturated carbocycles. The van der Waals surface area contributed by atoms with Gasteiger partial charge in [-0.15, -0.1) is 0 Å². The van der Waals surface area contributed by atoms with Gasteiger partial charge in [-0.2, -0.15) is 0 Å². The van der Waals surface area contributed by atoms with Crippen LogP contribution in [0.15, 0.2) is 48.5 Å². The zero-order chi connectivity index (χ0) is 18.1. The molecule has 0 fully saturated rings. The lowest BCUT2D eigenvalue weighted by molar-refractivity contribution is 0.331. The second-order valence-electron chi connectivity index (χ2n) is 6.65. The van der Waals surface area contributed by atoms with E-state index in [9.17, 15) is 0 Å². The average Bonchev–Trinajstić information content (AvgIpc) is 2.68. The summed E-state index contributed by atoms with van der Waals surface area (Å²) in [6.45, 7) is 3.63. The summed E-state index contributed by atoms with van der Waals surface area (Å²) < 4.78 is 5.52. The first kappa shape index (κ1) is 19.5. The molecule has 0 bridgehead atoms. The van der Waals surface area contributed by atoms with Crippen LogP contribution < -0.4 is 16.2 Å². The molecule has 0 amide bonds. The Hall–Kier alpha value is -1.84. The van der Waals surface area contributed by atoms with Crippen molar-refractivity contribution in [1.29, 1.82) is 0 Å². The summed E-state index contributed by atoms with van der Waals surface area (Å²) in [6, 6.07) is 16.4. The van der Waals surface area contributed by atoms with E-state index in [1.807, 2.05) is 30.3 Å². The van der Waals surface area contributed by atoms with E-state index in [4.69, 9.17) is 16.2 Å². The maximum absolute atomic E-state index is 6.01. The molecule has 2 aromatic rings. The van der Waals surface area contributed by atoms with Gasteiger partial charge in [0.05, 0.1) is 7.11 Å². The minimum absolute atomic E-state index is 0.481. The first-order chi connectivity index (χ1) is 12.2. The van der Waals surface area contributed by atoms with Crippen LogP contribution in [0.25, 0.3) is 0 Å². The van der Waals surface area contributed by atoms with Crippen LogP contribution in [0.3, 0.4) is 0 Å². The Morgan fingerprint density at radius 3 is 2.36 bits per heavy atom. The highest BCUT2D eigenvalue weighted by molar-refractivity contribution is 5.45. The van der Waals surface area contributed by atoms with Gasteiger partial charge in [-0.3, -0.25) is 0 Å². The van der Waals surface area contributed by atoms with Crippen LogP contribution in [0.1, 0.15) is 48.8 Å². The summed E-state index contributed by atoms with van der Waals surface area (Å²) in [7, 11) is 1.76. The molecule has 1 aliphatic rings. The average molecular weight is 341 g/mol. The molecule has 0 aromatic heterocycles. The van der Waals surface area contributed by atoms with E-state index in [-0.39, 0.29) is 0 Å². The van der Waals surface area contributed by atoms with E-state index in [1.54, 1.807) is 7.11 Å². The number of ether oxygens (including phenoxy) is 1. The van der Waals surface area contributed by atoms with Crippen molar-refractivity contribution in [2.75, 3.05) is 13.7 Å². The van der Waals surface area contributed by atoms with Gasteiger partial charge in [-0.1, -0.05) is 62.2 Å². The van der Waals surface area contributed by atoms with E-state index >= 15 is 0 Å². The quantitative estimate of drug-likeness (QED) is 0.855. The monoisotopic (exact) mass is 340 g/mol. The van der Waals surface area contributed by atoms with Crippen LogP contribution >= 0.6 is 0 Å². The summed E-state index contributed by atoms with van der Waals surface area (Å²) in [4.78, 5) is 0. The Morgan fingerprint density at radius 2 is 1.80 bits per heavy atom. The van der Waals surface area contributed by atoms with Gasteiger partial charge in [0.1, 0.15) is 5.75 Å². The van der Waals surface area contributed by atoms with E-state index in [2.05, 4.69) is 25.1 Å². The number of methoxy groups -OCH3 is 1. The molecule has 0 spiro atoms. The molecule has 3 heteroatoms. The fourth-order valence-electron chi connectivity index (χ4n) is 3.82. The van der Waals surface area contributed by atoms with Crippen LogP contribution in [0.5, 0.6) is 5.75 Å². The Labute approximate surface area is 152 Å². The summed E-state index contributed by atoms with van der Waals surface area (Å²) >= 11 is 0. The fraction of sp³-hybridized carbons (Fsp3) is 0.455. The van der Waals surface area contributed by atoms with Gasteiger partial charge >= 0.3 is 0 Å². The number of nitrogens with two attached hydrogens (primary N) is 2. The van der Waals surface area contributed by atoms with Gasteiger partial charge in [0.2, 0.25) is 0 Å². The lowest BCUT2D eigenvalue weighted by Gasteiger charge is -2.34. The maximum atomic E-state index is 6.01. The van der Waals surface area contributed by atoms with Crippen molar-refractivity contribution in [2.45, 2.75) is 45.1 Å². The molecule has 4 N–H and O–H groups in total. The first-order valence-electron chi connectivity index (χ1n) is 9.34. The molecular formula is C22H32N2O. The van der Waals surface area contributed by atoms with Gasteiger partial charge in [0, 0.05) is 18.0 Å². The molecule has 2 unspecified atom stereocenters. The smallest absolute Gasteiger partial charge is 0.122 e. The summed E-state index contributed by atoms with van der Waals surface area (Å²) in [6.07, 6.45) is 4.97. The molecule has 3 nitrogen and oxygen atoms in total. The highest BCUT2D eigenvalue weighted by atomic mass is 16.5. The van der Waals surface area contributed by atoms with E-state index in [0.717, 1.165) is 18.2 Å². The number of benzene rings is 2. The second kappa shape index (κ2) is 10.2. The van der Waals surface area contributed by atoms with Crippen LogP contribution in [0, 0.1) is 5.92 Å². The van der Waals surface area contributed by atoms with Crippen molar-refractivity contribution in [2.24, 2.45) is 17.4 Å². The van der Waals surface area contributed by atoms with Crippen molar-refractivity contribution in [1.82, 2.24) is 0 Å². The highest BCUT2D eigenvalue weighted by Crippen LogP contribution is 2.42. The molecule has 25 heavy (non-hydrogen) atoms. The van der Waals surface area contributed by atoms with Crippen LogP contribution in [0.4, 0.5) is 0 Å². The predicted octanol–water partition coefficient (Wildman–Crippen LogP) is 4.25. The predicted molar refractivity (Wildman–Crippen MR) is 106 cm³/mol. The molecule has 2 aromatic carbocycles. The summed E-state index contributed by atoms with van der Waals surface area (Å²) in [5.41, 5.74) is 15.4. The van der Waals surface area contributed by atoms with Crippen LogP contribution in [-0.2, 0) is 13.0 Å². The number of rotatable bonds is 5. The SMILES string of the molecule is CCCC1CCc2cccc(OC)c2C1CN.NCc1ccccc1. The van der Waals surface area contributed by atoms with Crippen LogP contribution in [-0.4, -0.2) is 13.7 Å². The van der Waals surface area contributed by atoms with E-state index < -0.39 is 0 Å². The van der Waals surface area contributed by atoms with Gasteiger partial charge in [-0.25, -0.2) is 0 Å². The maximum Gasteiger partial charge on any atom is 0.122 e. The standard InChI is InChI=1S/C15H23NO.C7H9N/c1-3-5-11-8-9-12-6-4-7-14(17-2)15(12)13(11)10-16;8-6-7-4-2-1-3-5-7/h4,6-7,11,13H,3,5,8-10,16H2,1-2H3;1-5H,6,8H2. The Morgan fingerprint density at radius 1 is 1.04 bits per heavy atom. The van der Waals surface area contributed by atoms with Gasteiger partial charge in [0.15, 0.2) is 0 Å².